The molecule has 0 saturated heterocycles. The van der Waals surface area contributed by atoms with Crippen LogP contribution in [0.5, 0.6) is 5.75 Å². The molecule has 1 aromatic carbocycles. The van der Waals surface area contributed by atoms with E-state index >= 15 is 0 Å². The first-order valence-electron chi connectivity index (χ1n) is 9.75. The van der Waals surface area contributed by atoms with E-state index < -0.39 is 11.6 Å². The number of aryl methyl sites for hydroxylation is 2. The molecule has 4 rings (SSSR count). The van der Waals surface area contributed by atoms with E-state index in [4.69, 9.17) is 13.9 Å². The van der Waals surface area contributed by atoms with Crippen molar-refractivity contribution in [3.05, 3.63) is 56.3 Å². The van der Waals surface area contributed by atoms with Crippen LogP contribution in [0.3, 0.4) is 0 Å². The molecule has 156 valence electrons. The molecule has 1 aliphatic carbocycles. The van der Waals surface area contributed by atoms with Gasteiger partial charge in [0, 0.05) is 22.4 Å². The summed E-state index contributed by atoms with van der Waals surface area (Å²) in [6, 6.07) is 6.51. The van der Waals surface area contributed by atoms with E-state index in [1.807, 2.05) is 6.92 Å². The number of carbonyl (C=O) groups excluding carboxylic acids is 2. The van der Waals surface area contributed by atoms with E-state index in [0.717, 1.165) is 40.7 Å². The first-order chi connectivity index (χ1) is 14.5. The molecule has 0 spiro atoms. The number of amides is 1. The summed E-state index contributed by atoms with van der Waals surface area (Å²) in [5, 5.41) is 4.10. The Morgan fingerprint density at radius 3 is 2.87 bits per heavy atom. The van der Waals surface area contributed by atoms with Gasteiger partial charge in [0.2, 0.25) is 0 Å². The molecule has 0 aliphatic heterocycles. The lowest BCUT2D eigenvalue weighted by Gasteiger charge is -2.10. The molecule has 0 unspecified atom stereocenters. The van der Waals surface area contributed by atoms with Crippen LogP contribution < -0.4 is 15.7 Å². The minimum Gasteiger partial charge on any atom is -0.484 e. The largest absolute Gasteiger partial charge is 0.484 e. The van der Waals surface area contributed by atoms with Gasteiger partial charge < -0.3 is 19.2 Å². The van der Waals surface area contributed by atoms with Gasteiger partial charge in [-0.05, 0) is 56.4 Å². The molecule has 1 amide bonds. The smallest absolute Gasteiger partial charge is 0.341 e. The molecule has 1 N–H and O–H groups in total. The third kappa shape index (κ3) is 3.95. The van der Waals surface area contributed by atoms with E-state index in [9.17, 15) is 14.4 Å². The van der Waals surface area contributed by atoms with E-state index in [0.29, 0.717) is 21.9 Å². The molecule has 3 aromatic rings. The SMILES string of the molecule is CCOC(=O)c1c(NC(=O)COc2ccc3c(C)cc(=O)oc3c2)sc2c1CCC2. The number of esters is 1. The summed E-state index contributed by atoms with van der Waals surface area (Å²) in [6.07, 6.45) is 2.72. The Labute approximate surface area is 176 Å². The van der Waals surface area contributed by atoms with E-state index in [-0.39, 0.29) is 19.1 Å². The van der Waals surface area contributed by atoms with Gasteiger partial charge in [-0.15, -0.1) is 11.3 Å². The Morgan fingerprint density at radius 1 is 1.23 bits per heavy atom. The Kier molecular flexibility index (Phi) is 5.59. The number of ether oxygens (including phenoxy) is 2. The topological polar surface area (TPSA) is 94.8 Å². The first kappa shape index (κ1) is 20.2. The van der Waals surface area contributed by atoms with Gasteiger partial charge in [0.15, 0.2) is 6.61 Å². The van der Waals surface area contributed by atoms with Gasteiger partial charge in [0.1, 0.15) is 16.3 Å². The Morgan fingerprint density at radius 2 is 2.07 bits per heavy atom. The Hall–Kier alpha value is -3.13. The van der Waals surface area contributed by atoms with Crippen LogP contribution in [0.2, 0.25) is 0 Å². The second-order valence-electron chi connectivity index (χ2n) is 7.03. The van der Waals surface area contributed by atoms with Crippen LogP contribution >= 0.6 is 11.3 Å². The van der Waals surface area contributed by atoms with Gasteiger partial charge >= 0.3 is 11.6 Å². The van der Waals surface area contributed by atoms with Crippen LogP contribution in [-0.4, -0.2) is 25.1 Å². The number of thiophene rings is 1. The lowest BCUT2D eigenvalue weighted by molar-refractivity contribution is -0.118. The quantitative estimate of drug-likeness (QED) is 0.474. The fourth-order valence-corrected chi connectivity index (χ4v) is 4.91. The molecule has 0 radical (unpaired) electrons. The number of anilines is 1. The molecular formula is C22H21NO6S. The van der Waals surface area contributed by atoms with Crippen molar-refractivity contribution >= 4 is 39.2 Å². The van der Waals surface area contributed by atoms with Crippen LogP contribution in [-0.2, 0) is 22.4 Å². The minimum absolute atomic E-state index is 0.244. The second-order valence-corrected chi connectivity index (χ2v) is 8.13. The van der Waals surface area contributed by atoms with Crippen LogP contribution in [0.4, 0.5) is 5.00 Å². The second kappa shape index (κ2) is 8.31. The molecule has 7 nitrogen and oxygen atoms in total. The normalized spacial score (nSPS) is 12.6. The predicted molar refractivity (Wildman–Crippen MR) is 114 cm³/mol. The molecular weight excluding hydrogens is 406 g/mol. The van der Waals surface area contributed by atoms with E-state index in [1.165, 1.54) is 17.4 Å². The zero-order valence-electron chi connectivity index (χ0n) is 16.7. The summed E-state index contributed by atoms with van der Waals surface area (Å²) in [4.78, 5) is 37.5. The number of benzene rings is 1. The number of rotatable bonds is 6. The van der Waals surface area contributed by atoms with Gasteiger partial charge in [0.25, 0.3) is 5.91 Å². The van der Waals surface area contributed by atoms with Gasteiger partial charge in [-0.3, -0.25) is 4.79 Å². The number of hydrogen-bond donors (Lipinski definition) is 1. The molecule has 2 heterocycles. The van der Waals surface area contributed by atoms with Gasteiger partial charge in [-0.2, -0.15) is 0 Å². The van der Waals surface area contributed by atoms with Gasteiger partial charge in [-0.1, -0.05) is 0 Å². The molecule has 30 heavy (non-hydrogen) atoms. The number of nitrogens with one attached hydrogen (secondary N) is 1. The maximum Gasteiger partial charge on any atom is 0.341 e. The number of hydrogen-bond acceptors (Lipinski definition) is 7. The maximum absolute atomic E-state index is 12.5. The molecule has 0 bridgehead atoms. The number of carbonyl (C=O) groups is 2. The zero-order valence-corrected chi connectivity index (χ0v) is 17.5. The monoisotopic (exact) mass is 427 g/mol. The third-order valence-electron chi connectivity index (χ3n) is 4.95. The highest BCUT2D eigenvalue weighted by Gasteiger charge is 2.28. The van der Waals surface area contributed by atoms with Crippen molar-refractivity contribution < 1.29 is 23.5 Å². The van der Waals surface area contributed by atoms with Gasteiger partial charge in [-0.25, -0.2) is 9.59 Å². The van der Waals surface area contributed by atoms with Gasteiger partial charge in [0.05, 0.1) is 12.2 Å². The van der Waals surface area contributed by atoms with Crippen molar-refractivity contribution in [1.29, 1.82) is 0 Å². The summed E-state index contributed by atoms with van der Waals surface area (Å²) in [5.74, 6) is -0.384. The maximum atomic E-state index is 12.5. The number of fused-ring (bicyclic) bond motifs is 2. The van der Waals surface area contributed by atoms with Crippen LogP contribution in [0.1, 0.15) is 39.7 Å². The molecule has 0 saturated carbocycles. The summed E-state index contributed by atoms with van der Waals surface area (Å²) >= 11 is 1.42. The fourth-order valence-electron chi connectivity index (χ4n) is 3.62. The molecule has 2 aromatic heterocycles. The Balaban J connectivity index is 1.48. The summed E-state index contributed by atoms with van der Waals surface area (Å²) < 4.78 is 15.9. The highest BCUT2D eigenvalue weighted by atomic mass is 32.1. The van der Waals surface area contributed by atoms with Crippen molar-refractivity contribution in [3.8, 4) is 5.75 Å². The zero-order chi connectivity index (χ0) is 21.3. The predicted octanol–water partition coefficient (Wildman–Crippen LogP) is 3.85. The fraction of sp³-hybridized carbons (Fsp3) is 0.318. The minimum atomic E-state index is -0.438. The molecule has 1 aliphatic rings. The van der Waals surface area contributed by atoms with E-state index in [2.05, 4.69) is 5.32 Å². The van der Waals surface area contributed by atoms with Crippen molar-refractivity contribution in [3.63, 3.8) is 0 Å². The van der Waals surface area contributed by atoms with Crippen molar-refractivity contribution in [2.75, 3.05) is 18.5 Å². The lowest BCUT2D eigenvalue weighted by Crippen LogP contribution is -2.21. The molecule has 8 heteroatoms. The average Bonchev–Trinajstić information content (AvgIpc) is 3.26. The van der Waals surface area contributed by atoms with Crippen molar-refractivity contribution in [2.24, 2.45) is 0 Å². The first-order valence-corrected chi connectivity index (χ1v) is 10.6. The standard InChI is InChI=1S/C22H21NO6S/c1-3-27-22(26)20-15-5-4-6-17(15)30-21(20)23-18(24)11-28-13-7-8-14-12(2)9-19(25)29-16(14)10-13/h7-10H,3-6,11H2,1-2H3,(H,23,24). The summed E-state index contributed by atoms with van der Waals surface area (Å²) in [5.41, 5.74) is 2.22. The highest BCUT2D eigenvalue weighted by Crippen LogP contribution is 2.39. The van der Waals surface area contributed by atoms with Crippen molar-refractivity contribution in [2.45, 2.75) is 33.1 Å². The average molecular weight is 427 g/mol. The highest BCUT2D eigenvalue weighted by molar-refractivity contribution is 7.17. The van der Waals surface area contributed by atoms with Crippen LogP contribution in [0, 0.1) is 6.92 Å². The van der Waals surface area contributed by atoms with Crippen molar-refractivity contribution in [1.82, 2.24) is 0 Å². The van der Waals surface area contributed by atoms with E-state index in [1.54, 1.807) is 25.1 Å². The third-order valence-corrected chi connectivity index (χ3v) is 6.15. The molecule has 0 fully saturated rings. The summed E-state index contributed by atoms with van der Waals surface area (Å²) in [7, 11) is 0. The van der Waals surface area contributed by atoms with Crippen LogP contribution in [0.15, 0.2) is 33.5 Å². The summed E-state index contributed by atoms with van der Waals surface area (Å²) in [6.45, 7) is 3.61. The van der Waals surface area contributed by atoms with Crippen LogP contribution in [0.25, 0.3) is 11.0 Å². The lowest BCUT2D eigenvalue weighted by atomic mass is 10.1. The Bertz CT molecular complexity index is 1190. The molecule has 0 atom stereocenters.